The number of nitrogens with zero attached hydrogens (tertiary/aromatic N) is 3. The van der Waals surface area contributed by atoms with Crippen LogP contribution in [0.15, 0.2) is 30.6 Å². The molecule has 5 N–H and O–H groups in total. The molecule has 1 aromatic carbocycles. The summed E-state index contributed by atoms with van der Waals surface area (Å²) in [5.74, 6) is 0.714. The summed E-state index contributed by atoms with van der Waals surface area (Å²) >= 11 is 0. The van der Waals surface area contributed by atoms with E-state index in [4.69, 9.17) is 5.73 Å². The SMILES string of the molecule is Nc1nc(Nc2ccccc2O)c2[nH]cnc2n1. The van der Waals surface area contributed by atoms with Crippen LogP contribution in [0.25, 0.3) is 11.2 Å². The molecule has 0 radical (unpaired) electrons. The fourth-order valence-electron chi connectivity index (χ4n) is 1.65. The van der Waals surface area contributed by atoms with Gasteiger partial charge in [-0.05, 0) is 12.1 Å². The van der Waals surface area contributed by atoms with Crippen LogP contribution in [0.3, 0.4) is 0 Å². The van der Waals surface area contributed by atoms with Gasteiger partial charge in [0.1, 0.15) is 11.3 Å². The zero-order valence-electron chi connectivity index (χ0n) is 9.25. The second-order valence-corrected chi connectivity index (χ2v) is 3.67. The molecule has 0 spiro atoms. The van der Waals surface area contributed by atoms with Gasteiger partial charge in [0, 0.05) is 0 Å². The quantitative estimate of drug-likeness (QED) is 0.505. The van der Waals surface area contributed by atoms with Crippen molar-refractivity contribution in [2.45, 2.75) is 0 Å². The molecule has 0 saturated heterocycles. The Bertz CT molecular complexity index is 708. The standard InChI is InChI=1S/C11H10N6O/c12-11-16-9-8(13-5-14-9)10(17-11)15-6-3-1-2-4-7(6)18/h1-5,18H,(H4,12,13,14,15,16,17). The minimum Gasteiger partial charge on any atom is -0.506 e. The van der Waals surface area contributed by atoms with E-state index in [1.807, 2.05) is 0 Å². The molecule has 3 rings (SSSR count). The number of benzene rings is 1. The number of aromatic nitrogens is 4. The summed E-state index contributed by atoms with van der Waals surface area (Å²) in [6, 6.07) is 6.85. The number of anilines is 3. The van der Waals surface area contributed by atoms with Gasteiger partial charge in [-0.15, -0.1) is 0 Å². The molecule has 0 amide bonds. The van der Waals surface area contributed by atoms with Crippen LogP contribution in [0.1, 0.15) is 0 Å². The minimum absolute atomic E-state index is 0.118. The first-order valence-electron chi connectivity index (χ1n) is 5.25. The van der Waals surface area contributed by atoms with Gasteiger partial charge in [0.15, 0.2) is 11.5 Å². The molecule has 0 unspecified atom stereocenters. The molecule has 90 valence electrons. The maximum absolute atomic E-state index is 9.70. The van der Waals surface area contributed by atoms with Crippen molar-refractivity contribution >= 4 is 28.6 Å². The van der Waals surface area contributed by atoms with Gasteiger partial charge < -0.3 is 21.1 Å². The first-order chi connectivity index (χ1) is 8.74. The minimum atomic E-state index is 0.118. The molecule has 0 atom stereocenters. The van der Waals surface area contributed by atoms with Crippen molar-refractivity contribution in [1.29, 1.82) is 0 Å². The zero-order chi connectivity index (χ0) is 12.5. The largest absolute Gasteiger partial charge is 0.506 e. The smallest absolute Gasteiger partial charge is 0.224 e. The van der Waals surface area contributed by atoms with Gasteiger partial charge in [-0.2, -0.15) is 9.97 Å². The summed E-state index contributed by atoms with van der Waals surface area (Å²) in [4.78, 5) is 15.0. The number of phenolic OH excluding ortho intramolecular Hbond substituents is 1. The maximum Gasteiger partial charge on any atom is 0.224 e. The number of para-hydroxylation sites is 2. The number of H-pyrrole nitrogens is 1. The van der Waals surface area contributed by atoms with Crippen molar-refractivity contribution in [2.24, 2.45) is 0 Å². The monoisotopic (exact) mass is 242 g/mol. The van der Waals surface area contributed by atoms with Crippen molar-refractivity contribution in [3.05, 3.63) is 30.6 Å². The number of hydrogen-bond acceptors (Lipinski definition) is 6. The van der Waals surface area contributed by atoms with Gasteiger partial charge in [0.25, 0.3) is 0 Å². The van der Waals surface area contributed by atoms with E-state index in [9.17, 15) is 5.11 Å². The molecule has 2 aromatic heterocycles. The van der Waals surface area contributed by atoms with Gasteiger partial charge in [-0.25, -0.2) is 4.98 Å². The Hall–Kier alpha value is -2.83. The zero-order valence-corrected chi connectivity index (χ0v) is 9.25. The number of aromatic amines is 1. The Labute approximate surface area is 102 Å². The van der Waals surface area contributed by atoms with E-state index < -0.39 is 0 Å². The normalized spacial score (nSPS) is 10.7. The lowest BCUT2D eigenvalue weighted by Crippen LogP contribution is -2.01. The number of nitrogen functional groups attached to an aromatic ring is 1. The molecule has 0 bridgehead atoms. The van der Waals surface area contributed by atoms with Gasteiger partial charge >= 0.3 is 0 Å². The molecule has 18 heavy (non-hydrogen) atoms. The van der Waals surface area contributed by atoms with Crippen molar-refractivity contribution < 1.29 is 5.11 Å². The molecule has 0 aliphatic carbocycles. The van der Waals surface area contributed by atoms with Crippen LogP contribution in [-0.4, -0.2) is 25.0 Å². The third kappa shape index (κ3) is 1.67. The van der Waals surface area contributed by atoms with E-state index in [0.717, 1.165) is 0 Å². The van der Waals surface area contributed by atoms with Crippen LogP contribution in [-0.2, 0) is 0 Å². The average Bonchev–Trinajstić information content (AvgIpc) is 2.80. The van der Waals surface area contributed by atoms with E-state index in [-0.39, 0.29) is 11.7 Å². The number of rotatable bonds is 2. The van der Waals surface area contributed by atoms with E-state index in [1.54, 1.807) is 24.3 Å². The Morgan fingerprint density at radius 2 is 2.06 bits per heavy atom. The Morgan fingerprint density at radius 1 is 1.22 bits per heavy atom. The second-order valence-electron chi connectivity index (χ2n) is 3.67. The molecular formula is C11H10N6O. The number of nitrogens with two attached hydrogens (primary N) is 1. The highest BCUT2D eigenvalue weighted by atomic mass is 16.3. The second kappa shape index (κ2) is 3.88. The third-order valence-corrected chi connectivity index (χ3v) is 2.46. The molecule has 7 nitrogen and oxygen atoms in total. The van der Waals surface area contributed by atoms with Crippen molar-refractivity contribution in [2.75, 3.05) is 11.1 Å². The van der Waals surface area contributed by atoms with Crippen LogP contribution < -0.4 is 11.1 Å². The third-order valence-electron chi connectivity index (χ3n) is 2.46. The maximum atomic E-state index is 9.70. The highest BCUT2D eigenvalue weighted by Gasteiger charge is 2.09. The van der Waals surface area contributed by atoms with Crippen LogP contribution in [0.2, 0.25) is 0 Å². The summed E-state index contributed by atoms with van der Waals surface area (Å²) in [6.07, 6.45) is 1.51. The number of fused-ring (bicyclic) bond motifs is 1. The number of nitrogens with one attached hydrogen (secondary N) is 2. The van der Waals surface area contributed by atoms with Crippen LogP contribution >= 0.6 is 0 Å². The lowest BCUT2D eigenvalue weighted by molar-refractivity contribution is 0.478. The topological polar surface area (TPSA) is 113 Å². The van der Waals surface area contributed by atoms with Crippen molar-refractivity contribution in [1.82, 2.24) is 19.9 Å². The molecule has 2 heterocycles. The molecule has 3 aromatic rings. The van der Waals surface area contributed by atoms with Crippen LogP contribution in [0.5, 0.6) is 5.75 Å². The Kier molecular flexibility index (Phi) is 2.23. The summed E-state index contributed by atoms with van der Waals surface area (Å²) in [6.45, 7) is 0. The molecule has 0 fully saturated rings. The summed E-state index contributed by atoms with van der Waals surface area (Å²) in [7, 11) is 0. The highest BCUT2D eigenvalue weighted by molar-refractivity contribution is 5.86. The number of hydrogen-bond donors (Lipinski definition) is 4. The summed E-state index contributed by atoms with van der Waals surface area (Å²) in [5.41, 5.74) is 7.24. The van der Waals surface area contributed by atoms with Crippen LogP contribution in [0.4, 0.5) is 17.5 Å². The molecule has 0 aliphatic rings. The summed E-state index contributed by atoms with van der Waals surface area (Å²) < 4.78 is 0. The lowest BCUT2D eigenvalue weighted by Gasteiger charge is -2.08. The summed E-state index contributed by atoms with van der Waals surface area (Å²) in [5, 5.41) is 12.7. The van der Waals surface area contributed by atoms with Crippen LogP contribution in [0, 0.1) is 0 Å². The van der Waals surface area contributed by atoms with Gasteiger partial charge in [0.2, 0.25) is 5.95 Å². The number of aromatic hydroxyl groups is 1. The molecule has 7 heteroatoms. The first-order valence-corrected chi connectivity index (χ1v) is 5.25. The predicted molar refractivity (Wildman–Crippen MR) is 67.5 cm³/mol. The number of imidazole rings is 1. The first kappa shape index (κ1) is 10.3. The Morgan fingerprint density at radius 3 is 2.89 bits per heavy atom. The predicted octanol–water partition coefficient (Wildman–Crippen LogP) is 1.38. The van der Waals surface area contributed by atoms with Gasteiger partial charge in [0.05, 0.1) is 12.0 Å². The molecule has 0 aliphatic heterocycles. The van der Waals surface area contributed by atoms with E-state index in [1.165, 1.54) is 6.33 Å². The molecular weight excluding hydrogens is 232 g/mol. The van der Waals surface area contributed by atoms with Crippen molar-refractivity contribution in [3.8, 4) is 5.75 Å². The van der Waals surface area contributed by atoms with E-state index in [2.05, 4.69) is 25.3 Å². The van der Waals surface area contributed by atoms with E-state index >= 15 is 0 Å². The highest BCUT2D eigenvalue weighted by Crippen LogP contribution is 2.27. The van der Waals surface area contributed by atoms with Gasteiger partial charge in [-0.1, -0.05) is 12.1 Å². The average molecular weight is 242 g/mol. The van der Waals surface area contributed by atoms with Gasteiger partial charge in [-0.3, -0.25) is 0 Å². The number of phenols is 1. The lowest BCUT2D eigenvalue weighted by atomic mass is 10.3. The van der Waals surface area contributed by atoms with E-state index in [0.29, 0.717) is 22.7 Å². The molecule has 0 saturated carbocycles. The fraction of sp³-hybridized carbons (Fsp3) is 0. The van der Waals surface area contributed by atoms with Crippen molar-refractivity contribution in [3.63, 3.8) is 0 Å². The Balaban J connectivity index is 2.10. The fourth-order valence-corrected chi connectivity index (χ4v) is 1.65.